The van der Waals surface area contributed by atoms with Gasteiger partial charge in [-0.2, -0.15) is 12.7 Å². The van der Waals surface area contributed by atoms with Crippen molar-refractivity contribution in [1.29, 1.82) is 0 Å². The molecule has 0 aromatic heterocycles. The number of hydrogen-bond acceptors (Lipinski definition) is 3. The molecule has 9 heteroatoms. The Hall–Kier alpha value is -2.52. The highest BCUT2D eigenvalue weighted by atomic mass is 32.2. The molecular formula is C16H17F2N3O3S. The summed E-state index contributed by atoms with van der Waals surface area (Å²) in [7, 11) is -1.27. The standard InChI is InChI=1S/C16H17F2N3O3S/c1-20(2)25(23,24)21(13-6-4-3-5-7-13)11-16(22)19-15-9-8-12(17)10-14(15)18/h3-10H,11H2,1-2H3,(H,19,22). The molecule has 6 nitrogen and oxygen atoms in total. The molecule has 1 amide bonds. The number of hydrogen-bond donors (Lipinski definition) is 1. The smallest absolute Gasteiger partial charge is 0.304 e. The van der Waals surface area contributed by atoms with Crippen molar-refractivity contribution in [2.45, 2.75) is 0 Å². The second-order valence-electron chi connectivity index (χ2n) is 5.30. The van der Waals surface area contributed by atoms with Crippen LogP contribution in [-0.2, 0) is 15.0 Å². The van der Waals surface area contributed by atoms with Gasteiger partial charge in [-0.1, -0.05) is 18.2 Å². The van der Waals surface area contributed by atoms with Crippen LogP contribution in [0.15, 0.2) is 48.5 Å². The molecule has 0 fully saturated rings. The normalized spacial score (nSPS) is 11.4. The molecule has 0 saturated carbocycles. The SMILES string of the molecule is CN(C)S(=O)(=O)N(CC(=O)Nc1ccc(F)cc1F)c1ccccc1. The molecule has 0 heterocycles. The number of nitrogens with zero attached hydrogens (tertiary/aromatic N) is 2. The molecule has 2 aromatic rings. The van der Waals surface area contributed by atoms with Crippen molar-refractivity contribution >= 4 is 27.5 Å². The van der Waals surface area contributed by atoms with E-state index in [1.807, 2.05) is 0 Å². The summed E-state index contributed by atoms with van der Waals surface area (Å²) < 4.78 is 53.4. The molecule has 0 radical (unpaired) electrons. The average Bonchev–Trinajstić information content (AvgIpc) is 2.56. The van der Waals surface area contributed by atoms with Gasteiger partial charge in [-0.05, 0) is 24.3 Å². The van der Waals surface area contributed by atoms with E-state index in [-0.39, 0.29) is 11.4 Å². The van der Waals surface area contributed by atoms with Gasteiger partial charge in [-0.25, -0.2) is 13.1 Å². The van der Waals surface area contributed by atoms with E-state index in [2.05, 4.69) is 5.32 Å². The lowest BCUT2D eigenvalue weighted by atomic mass is 10.3. The average molecular weight is 369 g/mol. The molecule has 0 spiro atoms. The molecule has 0 unspecified atom stereocenters. The van der Waals surface area contributed by atoms with Crippen molar-refractivity contribution in [3.05, 3.63) is 60.2 Å². The van der Waals surface area contributed by atoms with Gasteiger partial charge in [0.15, 0.2) is 0 Å². The zero-order chi connectivity index (χ0) is 18.6. The Morgan fingerprint density at radius 2 is 1.72 bits per heavy atom. The summed E-state index contributed by atoms with van der Waals surface area (Å²) in [5, 5.41) is 2.24. The summed E-state index contributed by atoms with van der Waals surface area (Å²) >= 11 is 0. The molecular weight excluding hydrogens is 352 g/mol. The molecule has 0 aliphatic rings. The quantitative estimate of drug-likeness (QED) is 0.849. The molecule has 0 atom stereocenters. The van der Waals surface area contributed by atoms with Crippen LogP contribution in [0.25, 0.3) is 0 Å². The summed E-state index contributed by atoms with van der Waals surface area (Å²) in [6, 6.07) is 10.7. The van der Waals surface area contributed by atoms with E-state index in [4.69, 9.17) is 0 Å². The van der Waals surface area contributed by atoms with Crippen molar-refractivity contribution in [2.75, 3.05) is 30.3 Å². The predicted octanol–water partition coefficient (Wildman–Crippen LogP) is 2.22. The monoisotopic (exact) mass is 369 g/mol. The minimum Gasteiger partial charge on any atom is -0.322 e. The van der Waals surface area contributed by atoms with Crippen LogP contribution in [0, 0.1) is 11.6 Å². The van der Waals surface area contributed by atoms with Crippen LogP contribution in [0.2, 0.25) is 0 Å². The fourth-order valence-corrected chi connectivity index (χ4v) is 3.07. The van der Waals surface area contributed by atoms with E-state index in [0.29, 0.717) is 6.07 Å². The summed E-state index contributed by atoms with van der Waals surface area (Å²) in [6.45, 7) is -0.568. The number of benzene rings is 2. The Bertz CT molecular complexity index is 858. The molecule has 0 bridgehead atoms. The highest BCUT2D eigenvalue weighted by molar-refractivity contribution is 7.90. The minimum atomic E-state index is -3.94. The topological polar surface area (TPSA) is 69.7 Å². The third-order valence-corrected chi connectivity index (χ3v) is 5.10. The Morgan fingerprint density at radius 3 is 2.28 bits per heavy atom. The highest BCUT2D eigenvalue weighted by Gasteiger charge is 2.27. The van der Waals surface area contributed by atoms with Gasteiger partial charge in [-0.15, -0.1) is 0 Å². The van der Waals surface area contributed by atoms with Gasteiger partial charge in [0.1, 0.15) is 18.2 Å². The van der Waals surface area contributed by atoms with Crippen molar-refractivity contribution in [2.24, 2.45) is 0 Å². The van der Waals surface area contributed by atoms with Crippen molar-refractivity contribution in [3.8, 4) is 0 Å². The molecule has 134 valence electrons. The van der Waals surface area contributed by atoms with Gasteiger partial charge in [0.2, 0.25) is 5.91 Å². The summed E-state index contributed by atoms with van der Waals surface area (Å²) in [5.41, 5.74) is 0.0487. The molecule has 25 heavy (non-hydrogen) atoms. The lowest BCUT2D eigenvalue weighted by molar-refractivity contribution is -0.114. The highest BCUT2D eigenvalue weighted by Crippen LogP contribution is 2.20. The number of amides is 1. The van der Waals surface area contributed by atoms with Gasteiger partial charge in [0, 0.05) is 20.2 Å². The molecule has 0 aliphatic carbocycles. The minimum absolute atomic E-state index is 0.235. The third kappa shape index (κ3) is 4.52. The molecule has 2 aromatic carbocycles. The van der Waals surface area contributed by atoms with Crippen LogP contribution < -0.4 is 9.62 Å². The first-order chi connectivity index (χ1) is 11.7. The zero-order valence-electron chi connectivity index (χ0n) is 13.6. The van der Waals surface area contributed by atoms with E-state index in [0.717, 1.165) is 20.7 Å². The first-order valence-corrected chi connectivity index (χ1v) is 8.61. The largest absolute Gasteiger partial charge is 0.322 e. The van der Waals surface area contributed by atoms with Crippen molar-refractivity contribution in [1.82, 2.24) is 4.31 Å². The van der Waals surface area contributed by atoms with Gasteiger partial charge in [-0.3, -0.25) is 4.79 Å². The molecule has 0 saturated heterocycles. The van der Waals surface area contributed by atoms with Crippen LogP contribution in [0.1, 0.15) is 0 Å². The second-order valence-corrected chi connectivity index (χ2v) is 7.37. The second kappa shape index (κ2) is 7.58. The van der Waals surface area contributed by atoms with E-state index < -0.39 is 34.3 Å². The number of carbonyl (C=O) groups is 1. The Balaban J connectivity index is 2.26. The molecule has 0 aliphatic heterocycles. The number of rotatable bonds is 6. The van der Waals surface area contributed by atoms with Gasteiger partial charge in [0.25, 0.3) is 0 Å². The van der Waals surface area contributed by atoms with E-state index in [1.54, 1.807) is 18.2 Å². The fourth-order valence-electron chi connectivity index (χ4n) is 2.01. The zero-order valence-corrected chi connectivity index (χ0v) is 14.4. The Kier molecular flexibility index (Phi) is 5.70. The Morgan fingerprint density at radius 1 is 1.08 bits per heavy atom. The molecule has 1 N–H and O–H groups in total. The van der Waals surface area contributed by atoms with Gasteiger partial charge >= 0.3 is 10.2 Å². The van der Waals surface area contributed by atoms with E-state index >= 15 is 0 Å². The Labute approximate surface area is 144 Å². The van der Waals surface area contributed by atoms with Gasteiger partial charge < -0.3 is 5.32 Å². The van der Waals surface area contributed by atoms with Crippen molar-refractivity contribution < 1.29 is 22.0 Å². The summed E-state index contributed by atoms with van der Waals surface area (Å²) in [4.78, 5) is 12.2. The number of anilines is 2. The number of para-hydroxylation sites is 1. The lowest BCUT2D eigenvalue weighted by Crippen LogP contribution is -2.44. The maximum absolute atomic E-state index is 13.6. The first-order valence-electron chi connectivity index (χ1n) is 7.22. The third-order valence-electron chi connectivity index (χ3n) is 3.28. The number of nitrogens with one attached hydrogen (secondary N) is 1. The van der Waals surface area contributed by atoms with Crippen molar-refractivity contribution in [3.63, 3.8) is 0 Å². The summed E-state index contributed by atoms with van der Waals surface area (Å²) in [5.74, 6) is -2.49. The fraction of sp³-hybridized carbons (Fsp3) is 0.188. The predicted molar refractivity (Wildman–Crippen MR) is 91.4 cm³/mol. The van der Waals surface area contributed by atoms with Crippen LogP contribution >= 0.6 is 0 Å². The maximum atomic E-state index is 13.6. The number of carbonyl (C=O) groups excluding carboxylic acids is 1. The maximum Gasteiger partial charge on any atom is 0.304 e. The van der Waals surface area contributed by atoms with Crippen LogP contribution in [0.4, 0.5) is 20.2 Å². The number of halogens is 2. The lowest BCUT2D eigenvalue weighted by Gasteiger charge is -2.26. The van der Waals surface area contributed by atoms with E-state index in [1.165, 1.54) is 26.2 Å². The molecule has 2 rings (SSSR count). The van der Waals surface area contributed by atoms with E-state index in [9.17, 15) is 22.0 Å². The van der Waals surface area contributed by atoms with Crippen LogP contribution in [-0.4, -0.2) is 39.3 Å². The first kappa shape index (κ1) is 18.8. The van der Waals surface area contributed by atoms with Gasteiger partial charge in [0.05, 0.1) is 11.4 Å². The van der Waals surface area contributed by atoms with Crippen LogP contribution in [0.5, 0.6) is 0 Å². The summed E-state index contributed by atoms with van der Waals surface area (Å²) in [6.07, 6.45) is 0. The van der Waals surface area contributed by atoms with Crippen LogP contribution in [0.3, 0.4) is 0 Å².